The standard InChI is InChI=1S/C15H16O.2C13H12O.2C12H10O.C8H10O.3C7H8O.C6H6O/c1-11(2)12-3-5-13(6-4-12)14-7-9-15(16)10-8-14;14-13-9-5-4-8-12(13)10-11-6-2-1-3-7-11;14-13-8-6-12(7-9-13)10-11-4-2-1-3-5-11;13-12-9-5-4-8-11(12)10-6-2-1-3-7-10;13-12-8-6-11(7-9-12)10-4-2-1-3-5-10;1-6-3-7(2)5-8(9)4-6;1-6-2-4-7(8)5-3-6;1-6-3-2-4-7(8)5-6;1-6-4-2-3-5-7(6)8;7-6-4-2-1-3-5-6/h3-11,16H,1-2H3;2*1-9,14H,10H2;2*1-9,13H;3-5,9H,1-2H3;3*2-5,8H,1H3;1-5,7H. The van der Waals surface area contributed by atoms with Crippen LogP contribution in [0.25, 0.3) is 33.4 Å². The topological polar surface area (TPSA) is 202 Å². The maximum Gasteiger partial charge on any atom is 0.123 e. The molecule has 0 spiro atoms. The molecule has 15 rings (SSSR count). The summed E-state index contributed by atoms with van der Waals surface area (Å²) in [5, 5.41) is 90.7. The Hall–Kier alpha value is -13.7. The van der Waals surface area contributed by atoms with Gasteiger partial charge in [-0.25, -0.2) is 0 Å². The van der Waals surface area contributed by atoms with Crippen LogP contribution in [-0.4, -0.2) is 51.1 Å². The zero-order chi connectivity index (χ0) is 79.3. The molecule has 0 heterocycles. The van der Waals surface area contributed by atoms with E-state index < -0.39 is 0 Å². The van der Waals surface area contributed by atoms with E-state index in [1.54, 1.807) is 115 Å². The number of aryl methyl sites for hydroxylation is 5. The van der Waals surface area contributed by atoms with Crippen molar-refractivity contribution in [2.75, 3.05) is 0 Å². The molecule has 0 aliphatic heterocycles. The Morgan fingerprint density at radius 3 is 0.927 bits per heavy atom. The van der Waals surface area contributed by atoms with Gasteiger partial charge in [0.2, 0.25) is 0 Å². The highest BCUT2D eigenvalue weighted by Gasteiger charge is 2.04. The Bertz CT molecular complexity index is 4860. The first-order valence-corrected chi connectivity index (χ1v) is 36.0. The van der Waals surface area contributed by atoms with Gasteiger partial charge in [-0.15, -0.1) is 0 Å². The molecule has 0 bridgehead atoms. The van der Waals surface area contributed by atoms with Crippen molar-refractivity contribution in [3.8, 4) is 90.9 Å². The highest BCUT2D eigenvalue weighted by molar-refractivity contribution is 5.70. The van der Waals surface area contributed by atoms with Crippen LogP contribution in [0.2, 0.25) is 0 Å². The molecule has 15 aromatic rings. The predicted molar refractivity (Wildman–Crippen MR) is 454 cm³/mol. The monoisotopic (exact) mass is 1460 g/mol. The van der Waals surface area contributed by atoms with E-state index in [9.17, 15) is 15.3 Å². The zero-order valence-electron chi connectivity index (χ0n) is 63.4. The van der Waals surface area contributed by atoms with Crippen LogP contribution in [0.5, 0.6) is 57.5 Å². The van der Waals surface area contributed by atoms with Crippen LogP contribution in [-0.2, 0) is 12.8 Å². The SMILES string of the molecule is CC(C)c1ccc(-c2ccc(O)cc2)cc1.Cc1cc(C)cc(O)c1.Cc1ccc(O)cc1.Cc1cccc(O)c1.Cc1ccccc1O.Oc1ccc(-c2ccccc2)cc1.Oc1ccc(Cc2ccccc2)cc1.Oc1ccccc1.Oc1ccccc1-c1ccccc1.Oc1ccccc1Cc1ccccc1. The maximum atomic E-state index is 9.57. The Kier molecular flexibility index (Phi) is 37.0. The average molecular weight is 1460 g/mol. The van der Waals surface area contributed by atoms with Crippen LogP contribution in [0.1, 0.15) is 75.4 Å². The minimum Gasteiger partial charge on any atom is -0.508 e. The molecule has 0 aliphatic rings. The molecule has 0 radical (unpaired) electrons. The van der Waals surface area contributed by atoms with Gasteiger partial charge < -0.3 is 51.1 Å². The van der Waals surface area contributed by atoms with E-state index in [2.05, 4.69) is 62.4 Å². The summed E-state index contributed by atoms with van der Waals surface area (Å²) >= 11 is 0. The van der Waals surface area contributed by atoms with Crippen molar-refractivity contribution in [2.24, 2.45) is 0 Å². The third-order valence-electron chi connectivity index (χ3n) is 16.3. The van der Waals surface area contributed by atoms with Crippen LogP contribution < -0.4 is 0 Å². The summed E-state index contributed by atoms with van der Waals surface area (Å²) in [7, 11) is 0. The second kappa shape index (κ2) is 47.7. The van der Waals surface area contributed by atoms with Crippen molar-refractivity contribution in [2.45, 2.75) is 67.2 Å². The third kappa shape index (κ3) is 34.0. The first-order chi connectivity index (χ1) is 53.1. The summed E-state index contributed by atoms with van der Waals surface area (Å²) in [6.45, 7) is 14.1. The highest BCUT2D eigenvalue weighted by Crippen LogP contribution is 2.29. The molecular weight excluding hydrogens is 1360 g/mol. The van der Waals surface area contributed by atoms with E-state index in [4.69, 9.17) is 35.7 Å². The molecule has 0 fully saturated rings. The summed E-state index contributed by atoms with van der Waals surface area (Å²) in [6.07, 6.45) is 1.70. The fraction of sp³-hybridized carbons (Fsp3) is 0.100. The molecular formula is C100H100O10. The minimum atomic E-state index is 0.305. The fourth-order valence-electron chi connectivity index (χ4n) is 10.4. The van der Waals surface area contributed by atoms with Crippen LogP contribution >= 0.6 is 0 Å². The predicted octanol–water partition coefficient (Wildman–Crippen LogP) is 24.8. The number of aromatic hydroxyl groups is 10. The largest absolute Gasteiger partial charge is 0.508 e. The lowest BCUT2D eigenvalue weighted by Crippen LogP contribution is -1.87. The van der Waals surface area contributed by atoms with E-state index >= 15 is 0 Å². The molecule has 10 nitrogen and oxygen atoms in total. The lowest BCUT2D eigenvalue weighted by molar-refractivity contribution is 0.469. The Morgan fingerprint density at radius 1 is 0.209 bits per heavy atom. The van der Waals surface area contributed by atoms with Crippen molar-refractivity contribution >= 4 is 0 Å². The summed E-state index contributed by atoms with van der Waals surface area (Å²) in [4.78, 5) is 0. The number of hydrogen-bond donors (Lipinski definition) is 10. The Balaban J connectivity index is 0.000000193. The molecule has 0 unspecified atom stereocenters. The van der Waals surface area contributed by atoms with Crippen LogP contribution in [0.15, 0.2) is 388 Å². The molecule has 0 saturated carbocycles. The number of phenols is 10. The number of benzene rings is 15. The number of hydrogen-bond acceptors (Lipinski definition) is 10. The van der Waals surface area contributed by atoms with Crippen molar-refractivity contribution in [3.05, 3.63) is 444 Å². The zero-order valence-corrected chi connectivity index (χ0v) is 63.4. The van der Waals surface area contributed by atoms with Gasteiger partial charge in [0.1, 0.15) is 57.5 Å². The molecule has 560 valence electrons. The molecule has 10 heteroatoms. The van der Waals surface area contributed by atoms with Crippen LogP contribution in [0.3, 0.4) is 0 Å². The first kappa shape index (κ1) is 85.2. The summed E-state index contributed by atoms with van der Waals surface area (Å²) in [5.74, 6) is 3.91. The smallest absolute Gasteiger partial charge is 0.123 e. The summed E-state index contributed by atoms with van der Waals surface area (Å²) < 4.78 is 0. The second-order valence-electron chi connectivity index (χ2n) is 25.9. The fourth-order valence-corrected chi connectivity index (χ4v) is 10.4. The first-order valence-electron chi connectivity index (χ1n) is 36.0. The quantitative estimate of drug-likeness (QED) is 0.0698. The van der Waals surface area contributed by atoms with Gasteiger partial charge in [-0.05, 0) is 228 Å². The highest BCUT2D eigenvalue weighted by atomic mass is 16.3. The van der Waals surface area contributed by atoms with Gasteiger partial charge in [0.15, 0.2) is 0 Å². The van der Waals surface area contributed by atoms with Gasteiger partial charge in [-0.1, -0.05) is 305 Å². The number of phenolic OH excluding ortho intramolecular Hbond substituents is 10. The number of rotatable bonds is 8. The number of para-hydroxylation sites is 4. The van der Waals surface area contributed by atoms with Crippen molar-refractivity contribution in [1.29, 1.82) is 0 Å². The molecule has 10 N–H and O–H groups in total. The molecule has 0 aromatic heterocycles. The van der Waals surface area contributed by atoms with Gasteiger partial charge in [0, 0.05) is 12.0 Å². The normalized spacial score (nSPS) is 9.75. The van der Waals surface area contributed by atoms with Gasteiger partial charge in [0.05, 0.1) is 0 Å². The van der Waals surface area contributed by atoms with Gasteiger partial charge in [-0.3, -0.25) is 0 Å². The van der Waals surface area contributed by atoms with Crippen LogP contribution in [0.4, 0.5) is 0 Å². The van der Waals surface area contributed by atoms with Crippen molar-refractivity contribution in [3.63, 3.8) is 0 Å². The average Bonchev–Trinajstić information content (AvgIpc) is 0.843. The van der Waals surface area contributed by atoms with Crippen molar-refractivity contribution in [1.82, 2.24) is 0 Å². The lowest BCUT2D eigenvalue weighted by atomic mass is 9.99. The van der Waals surface area contributed by atoms with Gasteiger partial charge >= 0.3 is 0 Å². The Morgan fingerprint density at radius 2 is 0.545 bits per heavy atom. The van der Waals surface area contributed by atoms with Crippen molar-refractivity contribution < 1.29 is 51.1 Å². The Labute approximate surface area is 649 Å². The molecule has 0 aliphatic carbocycles. The molecule has 0 amide bonds. The van der Waals surface area contributed by atoms with E-state index in [0.29, 0.717) is 63.4 Å². The van der Waals surface area contributed by atoms with E-state index in [1.165, 1.54) is 38.9 Å². The van der Waals surface area contributed by atoms with E-state index in [0.717, 1.165) is 62.9 Å². The molecule has 0 saturated heterocycles. The lowest BCUT2D eigenvalue weighted by Gasteiger charge is -2.07. The minimum absolute atomic E-state index is 0.305. The summed E-state index contributed by atoms with van der Waals surface area (Å²) in [6, 6.07) is 121. The summed E-state index contributed by atoms with van der Waals surface area (Å²) in [5.41, 5.74) is 18.0. The third-order valence-corrected chi connectivity index (χ3v) is 16.3. The maximum absolute atomic E-state index is 9.57. The molecule has 15 aromatic carbocycles. The van der Waals surface area contributed by atoms with Gasteiger partial charge in [-0.2, -0.15) is 0 Å². The van der Waals surface area contributed by atoms with Gasteiger partial charge in [0.25, 0.3) is 0 Å². The van der Waals surface area contributed by atoms with E-state index in [-0.39, 0.29) is 0 Å². The van der Waals surface area contributed by atoms with Crippen LogP contribution in [0, 0.1) is 34.6 Å². The second-order valence-corrected chi connectivity index (χ2v) is 25.9. The van der Waals surface area contributed by atoms with E-state index in [1.807, 2.05) is 259 Å². The molecule has 110 heavy (non-hydrogen) atoms. The molecule has 0 atom stereocenters.